The lowest BCUT2D eigenvalue weighted by Crippen LogP contribution is -2.24. The summed E-state index contributed by atoms with van der Waals surface area (Å²) in [5.41, 5.74) is -1.01. The first-order chi connectivity index (χ1) is 4.12. The average molecular weight is 129 g/mol. The smallest absolute Gasteiger partial charge is 0.0771 e. The quantitative estimate of drug-likeness (QED) is 0.565. The highest BCUT2D eigenvalue weighted by atomic mass is 16.3. The molecule has 0 aliphatic heterocycles. The van der Waals surface area contributed by atoms with Gasteiger partial charge >= 0.3 is 0 Å². The zero-order valence-electron chi connectivity index (χ0n) is 5.46. The molecule has 3 nitrogen and oxygen atoms in total. The minimum absolute atomic E-state index is 0.0747. The molecule has 2 N–H and O–H groups in total. The van der Waals surface area contributed by atoms with E-state index in [4.69, 9.17) is 15.5 Å². The standard InChI is InChI=1S/C6H11NO2/c1-6(9,2-4-7)3-5-8/h8-9H,2-3,5H2,1H3/t6-/m1/s1. The zero-order chi connectivity index (χ0) is 7.33. The molecule has 0 bridgehead atoms. The third kappa shape index (κ3) is 3.95. The Kier molecular flexibility index (Phi) is 3.21. The SMILES string of the molecule is C[C@@](O)(CC#N)CCO. The van der Waals surface area contributed by atoms with Crippen LogP contribution in [0.1, 0.15) is 19.8 Å². The summed E-state index contributed by atoms with van der Waals surface area (Å²) < 4.78 is 0. The van der Waals surface area contributed by atoms with Crippen LogP contribution in [-0.4, -0.2) is 22.4 Å². The van der Waals surface area contributed by atoms with E-state index in [-0.39, 0.29) is 19.4 Å². The van der Waals surface area contributed by atoms with Crippen molar-refractivity contribution in [3.63, 3.8) is 0 Å². The molecule has 52 valence electrons. The van der Waals surface area contributed by atoms with Crippen LogP contribution >= 0.6 is 0 Å². The molecule has 0 aliphatic carbocycles. The monoisotopic (exact) mass is 129 g/mol. The number of aliphatic hydroxyl groups is 2. The molecule has 9 heavy (non-hydrogen) atoms. The van der Waals surface area contributed by atoms with Gasteiger partial charge < -0.3 is 10.2 Å². The summed E-state index contributed by atoms with van der Waals surface area (Å²) in [7, 11) is 0. The fourth-order valence-electron chi connectivity index (χ4n) is 0.500. The maximum Gasteiger partial charge on any atom is 0.0771 e. The molecule has 0 fully saturated rings. The van der Waals surface area contributed by atoms with E-state index in [0.29, 0.717) is 0 Å². The van der Waals surface area contributed by atoms with Crippen molar-refractivity contribution in [1.29, 1.82) is 5.26 Å². The van der Waals surface area contributed by atoms with Gasteiger partial charge in [0, 0.05) is 6.61 Å². The van der Waals surface area contributed by atoms with Crippen LogP contribution in [0.5, 0.6) is 0 Å². The van der Waals surface area contributed by atoms with E-state index in [1.165, 1.54) is 6.92 Å². The van der Waals surface area contributed by atoms with Crippen LogP contribution in [0.4, 0.5) is 0 Å². The molecule has 0 aromatic carbocycles. The Bertz CT molecular complexity index is 115. The zero-order valence-corrected chi connectivity index (χ0v) is 5.46. The van der Waals surface area contributed by atoms with E-state index in [1.807, 2.05) is 6.07 Å². The summed E-state index contributed by atoms with van der Waals surface area (Å²) in [5.74, 6) is 0. The molecule has 0 amide bonds. The third-order valence-corrected chi connectivity index (χ3v) is 1.11. The van der Waals surface area contributed by atoms with Crippen LogP contribution in [0, 0.1) is 11.3 Å². The van der Waals surface area contributed by atoms with Crippen LogP contribution in [-0.2, 0) is 0 Å². The summed E-state index contributed by atoms with van der Waals surface area (Å²) in [4.78, 5) is 0. The van der Waals surface area contributed by atoms with Gasteiger partial charge in [-0.05, 0) is 13.3 Å². The van der Waals surface area contributed by atoms with E-state index in [1.54, 1.807) is 0 Å². The molecule has 0 radical (unpaired) electrons. The van der Waals surface area contributed by atoms with Gasteiger partial charge in [0.05, 0.1) is 18.1 Å². The summed E-state index contributed by atoms with van der Waals surface area (Å²) in [6.07, 6.45) is 0.341. The molecular formula is C6H11NO2. The van der Waals surface area contributed by atoms with Gasteiger partial charge in [-0.3, -0.25) is 0 Å². The molecule has 0 aliphatic rings. The Morgan fingerprint density at radius 1 is 1.67 bits per heavy atom. The first-order valence-electron chi connectivity index (χ1n) is 2.82. The molecular weight excluding hydrogens is 118 g/mol. The molecule has 0 spiro atoms. The summed E-state index contributed by atoms with van der Waals surface area (Å²) in [5, 5.41) is 25.6. The van der Waals surface area contributed by atoms with E-state index >= 15 is 0 Å². The third-order valence-electron chi connectivity index (χ3n) is 1.11. The molecule has 0 unspecified atom stereocenters. The van der Waals surface area contributed by atoms with Crippen molar-refractivity contribution in [1.82, 2.24) is 0 Å². The predicted octanol–water partition coefficient (Wildman–Crippen LogP) is 0.0335. The van der Waals surface area contributed by atoms with E-state index in [0.717, 1.165) is 0 Å². The van der Waals surface area contributed by atoms with Gasteiger partial charge in [0.25, 0.3) is 0 Å². The number of rotatable bonds is 3. The van der Waals surface area contributed by atoms with Gasteiger partial charge in [0.1, 0.15) is 0 Å². The largest absolute Gasteiger partial charge is 0.396 e. The second-order valence-corrected chi connectivity index (χ2v) is 2.31. The molecule has 0 aromatic heterocycles. The molecule has 1 atom stereocenters. The summed E-state index contributed by atoms with van der Waals surface area (Å²) in [6.45, 7) is 1.46. The molecule has 0 saturated heterocycles. The van der Waals surface area contributed by atoms with Crippen LogP contribution < -0.4 is 0 Å². The van der Waals surface area contributed by atoms with Crippen molar-refractivity contribution in [2.75, 3.05) is 6.61 Å². The first kappa shape index (κ1) is 8.41. The average Bonchev–Trinajstić information content (AvgIpc) is 1.64. The molecule has 0 aromatic rings. The van der Waals surface area contributed by atoms with Gasteiger partial charge in [-0.15, -0.1) is 0 Å². The molecule has 3 heteroatoms. The van der Waals surface area contributed by atoms with Crippen molar-refractivity contribution in [3.8, 4) is 6.07 Å². The molecule has 0 saturated carbocycles. The maximum atomic E-state index is 9.13. The lowest BCUT2D eigenvalue weighted by Gasteiger charge is -2.17. The van der Waals surface area contributed by atoms with Gasteiger partial charge in [-0.2, -0.15) is 5.26 Å². The van der Waals surface area contributed by atoms with Gasteiger partial charge in [0.2, 0.25) is 0 Å². The van der Waals surface area contributed by atoms with Crippen molar-refractivity contribution < 1.29 is 10.2 Å². The summed E-state index contributed by atoms with van der Waals surface area (Å²) >= 11 is 0. The van der Waals surface area contributed by atoms with E-state index in [2.05, 4.69) is 0 Å². The number of hydrogen-bond donors (Lipinski definition) is 2. The van der Waals surface area contributed by atoms with E-state index in [9.17, 15) is 0 Å². The number of nitriles is 1. The highest BCUT2D eigenvalue weighted by Crippen LogP contribution is 2.11. The van der Waals surface area contributed by atoms with Crippen LogP contribution in [0.15, 0.2) is 0 Å². The highest BCUT2D eigenvalue weighted by Gasteiger charge is 2.18. The molecule has 0 heterocycles. The number of aliphatic hydroxyl groups excluding tert-OH is 1. The van der Waals surface area contributed by atoms with Crippen LogP contribution in [0.25, 0.3) is 0 Å². The van der Waals surface area contributed by atoms with Crippen molar-refractivity contribution in [2.45, 2.75) is 25.4 Å². The van der Waals surface area contributed by atoms with Crippen LogP contribution in [0.3, 0.4) is 0 Å². The van der Waals surface area contributed by atoms with Gasteiger partial charge in [-0.25, -0.2) is 0 Å². The maximum absolute atomic E-state index is 9.13. The van der Waals surface area contributed by atoms with Crippen molar-refractivity contribution in [2.24, 2.45) is 0 Å². The predicted molar refractivity (Wildman–Crippen MR) is 32.6 cm³/mol. The Morgan fingerprint density at radius 2 is 2.22 bits per heavy atom. The lowest BCUT2D eigenvalue weighted by atomic mass is 10.00. The fraction of sp³-hybridized carbons (Fsp3) is 0.833. The fourth-order valence-corrected chi connectivity index (χ4v) is 0.500. The topological polar surface area (TPSA) is 64.2 Å². The summed E-state index contributed by atoms with van der Waals surface area (Å²) in [6, 6.07) is 1.83. The second-order valence-electron chi connectivity index (χ2n) is 2.31. The lowest BCUT2D eigenvalue weighted by molar-refractivity contribution is 0.0379. The Balaban J connectivity index is 3.59. The minimum Gasteiger partial charge on any atom is -0.396 e. The van der Waals surface area contributed by atoms with Crippen molar-refractivity contribution in [3.05, 3.63) is 0 Å². The normalized spacial score (nSPS) is 16.2. The molecule has 0 rings (SSSR count). The highest BCUT2D eigenvalue weighted by molar-refractivity contribution is 4.84. The van der Waals surface area contributed by atoms with Crippen LogP contribution in [0.2, 0.25) is 0 Å². The van der Waals surface area contributed by atoms with Crippen molar-refractivity contribution >= 4 is 0 Å². The Labute approximate surface area is 54.5 Å². The Morgan fingerprint density at radius 3 is 2.56 bits per heavy atom. The van der Waals surface area contributed by atoms with E-state index < -0.39 is 5.60 Å². The number of hydrogen-bond acceptors (Lipinski definition) is 3. The number of nitrogens with zero attached hydrogens (tertiary/aromatic N) is 1. The first-order valence-corrected chi connectivity index (χ1v) is 2.82. The van der Waals surface area contributed by atoms with Gasteiger partial charge in [-0.1, -0.05) is 0 Å². The second kappa shape index (κ2) is 3.44. The minimum atomic E-state index is -1.01. The Hall–Kier alpha value is -0.590. The van der Waals surface area contributed by atoms with Gasteiger partial charge in [0.15, 0.2) is 0 Å².